The summed E-state index contributed by atoms with van der Waals surface area (Å²) >= 11 is 6.38. The van der Waals surface area contributed by atoms with Gasteiger partial charge in [0.25, 0.3) is 0 Å². The molecule has 1 fully saturated rings. The molecule has 3 rings (SSSR count). The van der Waals surface area contributed by atoms with Gasteiger partial charge in [-0.25, -0.2) is 0 Å². The number of halogens is 1. The third kappa shape index (κ3) is 2.74. The highest BCUT2D eigenvalue weighted by atomic mass is 35.5. The number of amides is 1. The molecule has 110 valence electrons. The molecule has 0 unspecified atom stereocenters. The molecule has 5 heteroatoms. The Morgan fingerprint density at radius 2 is 2.33 bits per heavy atom. The molecule has 21 heavy (non-hydrogen) atoms. The van der Waals surface area contributed by atoms with Gasteiger partial charge in [-0.3, -0.25) is 14.7 Å². The van der Waals surface area contributed by atoms with E-state index in [1.165, 1.54) is 0 Å². The maximum Gasteiger partial charge on any atom is 0.237 e. The maximum absolute atomic E-state index is 12.0. The number of fused-ring (bicyclic) bond motifs is 1. The fourth-order valence-corrected chi connectivity index (χ4v) is 3.23. The number of carbonyl (C=O) groups excluding carboxylic acids is 1. The molecule has 0 spiro atoms. The van der Waals surface area contributed by atoms with Gasteiger partial charge in [0.05, 0.1) is 11.6 Å². The van der Waals surface area contributed by atoms with Gasteiger partial charge in [-0.05, 0) is 31.5 Å². The van der Waals surface area contributed by atoms with Crippen LogP contribution in [0.4, 0.5) is 0 Å². The van der Waals surface area contributed by atoms with E-state index < -0.39 is 0 Å². The van der Waals surface area contributed by atoms with Gasteiger partial charge < -0.3 is 5.32 Å². The van der Waals surface area contributed by atoms with Crippen LogP contribution in [0, 0.1) is 0 Å². The number of hydrogen-bond donors (Lipinski definition) is 1. The zero-order valence-electron chi connectivity index (χ0n) is 12.0. The largest absolute Gasteiger partial charge is 0.358 e. The normalized spacial score (nSPS) is 19.0. The van der Waals surface area contributed by atoms with Crippen LogP contribution < -0.4 is 5.32 Å². The van der Waals surface area contributed by atoms with Crippen molar-refractivity contribution >= 4 is 28.4 Å². The molecule has 0 bridgehead atoms. The number of benzene rings is 1. The molecule has 1 aliphatic heterocycles. The Kier molecular flexibility index (Phi) is 4.08. The molecule has 4 nitrogen and oxygen atoms in total. The molecule has 0 saturated carbocycles. The summed E-state index contributed by atoms with van der Waals surface area (Å²) in [7, 11) is 1.69. The third-order valence-electron chi connectivity index (χ3n) is 4.10. The van der Waals surface area contributed by atoms with Crippen LogP contribution in [-0.4, -0.2) is 35.4 Å². The first-order valence-corrected chi connectivity index (χ1v) is 7.56. The molecule has 1 aromatic heterocycles. The lowest BCUT2D eigenvalue weighted by Gasteiger charge is -2.24. The Balaban J connectivity index is 1.94. The summed E-state index contributed by atoms with van der Waals surface area (Å²) in [6, 6.07) is 7.77. The Morgan fingerprint density at radius 1 is 1.48 bits per heavy atom. The van der Waals surface area contributed by atoms with Gasteiger partial charge in [0.2, 0.25) is 5.91 Å². The van der Waals surface area contributed by atoms with Gasteiger partial charge in [-0.1, -0.05) is 23.7 Å². The highest BCUT2D eigenvalue weighted by Gasteiger charge is 2.30. The molecule has 0 aliphatic carbocycles. The van der Waals surface area contributed by atoms with Crippen LogP contribution in [0.5, 0.6) is 0 Å². The van der Waals surface area contributed by atoms with Gasteiger partial charge in [0, 0.05) is 35.8 Å². The molecule has 1 aliphatic rings. The van der Waals surface area contributed by atoms with E-state index in [0.717, 1.165) is 35.9 Å². The summed E-state index contributed by atoms with van der Waals surface area (Å²) in [4.78, 5) is 18.6. The minimum absolute atomic E-state index is 0.0648. The predicted octanol–water partition coefficient (Wildman–Crippen LogP) is 2.60. The van der Waals surface area contributed by atoms with Crippen LogP contribution in [0.1, 0.15) is 18.4 Å². The van der Waals surface area contributed by atoms with E-state index in [1.54, 1.807) is 13.2 Å². The van der Waals surface area contributed by atoms with E-state index in [0.29, 0.717) is 11.6 Å². The second kappa shape index (κ2) is 6.00. The van der Waals surface area contributed by atoms with E-state index in [-0.39, 0.29) is 11.9 Å². The Hall–Kier alpha value is -1.65. The highest BCUT2D eigenvalue weighted by Crippen LogP contribution is 2.28. The molecule has 0 radical (unpaired) electrons. The van der Waals surface area contributed by atoms with Gasteiger partial charge >= 0.3 is 0 Å². The van der Waals surface area contributed by atoms with E-state index in [2.05, 4.69) is 15.2 Å². The van der Waals surface area contributed by atoms with E-state index in [1.807, 2.05) is 24.3 Å². The summed E-state index contributed by atoms with van der Waals surface area (Å²) in [5, 5.41) is 4.53. The number of nitrogens with zero attached hydrogens (tertiary/aromatic N) is 2. The fourth-order valence-electron chi connectivity index (χ4n) is 3.01. The molecule has 2 aromatic rings. The topological polar surface area (TPSA) is 45.2 Å². The number of rotatable bonds is 3. The molecule has 1 atom stereocenters. The minimum atomic E-state index is -0.0648. The van der Waals surface area contributed by atoms with Crippen molar-refractivity contribution < 1.29 is 4.79 Å². The zero-order chi connectivity index (χ0) is 14.8. The van der Waals surface area contributed by atoms with Crippen molar-refractivity contribution in [1.29, 1.82) is 0 Å². The Morgan fingerprint density at radius 3 is 3.14 bits per heavy atom. The lowest BCUT2D eigenvalue weighted by Crippen LogP contribution is -2.41. The van der Waals surface area contributed by atoms with Gasteiger partial charge in [-0.2, -0.15) is 0 Å². The van der Waals surface area contributed by atoms with E-state index >= 15 is 0 Å². The van der Waals surface area contributed by atoms with Crippen molar-refractivity contribution in [3.8, 4) is 0 Å². The number of carbonyl (C=O) groups is 1. The second-order valence-corrected chi connectivity index (χ2v) is 5.75. The molecule has 1 aromatic carbocycles. The van der Waals surface area contributed by atoms with Crippen LogP contribution in [0.2, 0.25) is 5.02 Å². The first-order chi connectivity index (χ1) is 10.2. The summed E-state index contributed by atoms with van der Waals surface area (Å²) in [6.07, 6.45) is 3.71. The summed E-state index contributed by atoms with van der Waals surface area (Å²) in [5.41, 5.74) is 1.93. The molecule has 1 amide bonds. The monoisotopic (exact) mass is 303 g/mol. The van der Waals surface area contributed by atoms with Gasteiger partial charge in [0.15, 0.2) is 0 Å². The number of likely N-dealkylation sites (N-methyl/N-ethyl adjacent to an activating group) is 1. The molecular formula is C16H18ClN3O. The standard InChI is InChI=1S/C16H18ClN3O/c1-18-16(21)14-5-3-9-20(14)10-12-13(17)7-6-11-4-2-8-19-15(11)12/h2,4,6-8,14H,3,5,9-10H2,1H3,(H,18,21)/t14-/m1/s1. The minimum Gasteiger partial charge on any atom is -0.358 e. The predicted molar refractivity (Wildman–Crippen MR) is 84.3 cm³/mol. The molecular weight excluding hydrogens is 286 g/mol. The van der Waals surface area contributed by atoms with Crippen LogP contribution in [0.3, 0.4) is 0 Å². The Labute approximate surface area is 129 Å². The van der Waals surface area contributed by atoms with Crippen LogP contribution in [-0.2, 0) is 11.3 Å². The second-order valence-electron chi connectivity index (χ2n) is 5.34. The van der Waals surface area contributed by atoms with Gasteiger partial charge in [-0.15, -0.1) is 0 Å². The lowest BCUT2D eigenvalue weighted by molar-refractivity contribution is -0.125. The smallest absolute Gasteiger partial charge is 0.237 e. The average molecular weight is 304 g/mol. The zero-order valence-corrected chi connectivity index (χ0v) is 12.7. The van der Waals surface area contributed by atoms with E-state index in [9.17, 15) is 4.79 Å². The molecule has 2 heterocycles. The van der Waals surface area contributed by atoms with Crippen molar-refractivity contribution in [2.45, 2.75) is 25.4 Å². The van der Waals surface area contributed by atoms with Crippen molar-refractivity contribution in [2.24, 2.45) is 0 Å². The Bertz CT molecular complexity index is 674. The number of hydrogen-bond acceptors (Lipinski definition) is 3. The number of pyridine rings is 1. The van der Waals surface area contributed by atoms with Crippen LogP contribution in [0.25, 0.3) is 10.9 Å². The van der Waals surface area contributed by atoms with Crippen molar-refractivity contribution in [1.82, 2.24) is 15.2 Å². The van der Waals surface area contributed by atoms with Crippen molar-refractivity contribution in [2.75, 3.05) is 13.6 Å². The van der Waals surface area contributed by atoms with Crippen LogP contribution >= 0.6 is 11.6 Å². The van der Waals surface area contributed by atoms with Crippen molar-refractivity contribution in [3.05, 3.63) is 41.0 Å². The first-order valence-electron chi connectivity index (χ1n) is 7.18. The lowest BCUT2D eigenvalue weighted by atomic mass is 10.1. The average Bonchev–Trinajstić information content (AvgIpc) is 2.97. The van der Waals surface area contributed by atoms with E-state index in [4.69, 9.17) is 11.6 Å². The quantitative estimate of drug-likeness (QED) is 0.948. The SMILES string of the molecule is CNC(=O)[C@H]1CCCN1Cc1c(Cl)ccc2cccnc12. The number of aromatic nitrogens is 1. The fraction of sp³-hybridized carbons (Fsp3) is 0.375. The molecule has 1 saturated heterocycles. The number of nitrogens with one attached hydrogen (secondary N) is 1. The highest BCUT2D eigenvalue weighted by molar-refractivity contribution is 6.32. The molecule has 1 N–H and O–H groups in total. The number of likely N-dealkylation sites (tertiary alicyclic amines) is 1. The van der Waals surface area contributed by atoms with Gasteiger partial charge in [0.1, 0.15) is 0 Å². The third-order valence-corrected chi connectivity index (χ3v) is 4.45. The summed E-state index contributed by atoms with van der Waals surface area (Å²) < 4.78 is 0. The first kappa shape index (κ1) is 14.3. The van der Waals surface area contributed by atoms with Crippen molar-refractivity contribution in [3.63, 3.8) is 0 Å². The summed E-state index contributed by atoms with van der Waals surface area (Å²) in [6.45, 7) is 1.57. The summed E-state index contributed by atoms with van der Waals surface area (Å²) in [5.74, 6) is 0.0804. The van der Waals surface area contributed by atoms with Crippen LogP contribution in [0.15, 0.2) is 30.5 Å². The maximum atomic E-state index is 12.0.